The van der Waals surface area contributed by atoms with Crippen LogP contribution in [0.25, 0.3) is 0 Å². The van der Waals surface area contributed by atoms with Gasteiger partial charge in [0, 0.05) is 12.8 Å². The zero-order valence-electron chi connectivity index (χ0n) is 53.2. The van der Waals surface area contributed by atoms with Gasteiger partial charge in [0.2, 0.25) is 5.91 Å². The van der Waals surface area contributed by atoms with Gasteiger partial charge in [-0.3, -0.25) is 14.2 Å². The fourth-order valence-corrected chi connectivity index (χ4v) is 9.95. The molecule has 0 rings (SSSR count). The topological polar surface area (TPSA) is 114 Å². The summed E-state index contributed by atoms with van der Waals surface area (Å²) < 4.78 is 30.3. The Morgan fingerprint density at radius 2 is 0.840 bits per heavy atom. The molecule has 0 aromatic rings. The molecule has 0 saturated heterocycles. The van der Waals surface area contributed by atoms with Crippen molar-refractivity contribution in [3.05, 3.63) is 109 Å². The van der Waals surface area contributed by atoms with E-state index in [-0.39, 0.29) is 24.9 Å². The molecular formula is C71H125N2O7P. The number of phosphoric acid groups is 1. The molecule has 3 atom stereocenters. The summed E-state index contributed by atoms with van der Waals surface area (Å²) in [5.74, 6) is -0.593. The molecule has 0 radical (unpaired) electrons. The smallest absolute Gasteiger partial charge is 0.306 e. The van der Waals surface area contributed by atoms with E-state index in [1.165, 1.54) is 167 Å². The maximum Gasteiger partial charge on any atom is 0.306 e. The maximum absolute atomic E-state index is 13.6. The van der Waals surface area contributed by atoms with Gasteiger partial charge in [-0.1, -0.05) is 291 Å². The van der Waals surface area contributed by atoms with Gasteiger partial charge in [0.15, 0.2) is 0 Å². The van der Waals surface area contributed by atoms with E-state index >= 15 is 0 Å². The Kier molecular flexibility index (Phi) is 57.4. The Bertz CT molecular complexity index is 1750. The Hall–Kier alpha value is -3.33. The number of phosphoric ester groups is 1. The Morgan fingerprint density at radius 3 is 1.32 bits per heavy atom. The number of allylic oxidation sites excluding steroid dienone is 17. The quantitative estimate of drug-likeness (QED) is 0.0161. The first-order valence-electron chi connectivity index (χ1n) is 33.3. The summed E-state index contributed by atoms with van der Waals surface area (Å²) in [4.78, 5) is 40.0. The van der Waals surface area contributed by atoms with E-state index in [0.29, 0.717) is 23.9 Å². The van der Waals surface area contributed by atoms with E-state index in [9.17, 15) is 19.0 Å². The van der Waals surface area contributed by atoms with Crippen molar-refractivity contribution in [3.63, 3.8) is 0 Å². The molecule has 0 heterocycles. The number of likely N-dealkylation sites (N-methyl/N-ethyl adjacent to an activating group) is 1. The lowest BCUT2D eigenvalue weighted by molar-refractivity contribution is -0.870. The van der Waals surface area contributed by atoms with Gasteiger partial charge in [-0.05, 0) is 83.1 Å². The van der Waals surface area contributed by atoms with Crippen molar-refractivity contribution in [1.29, 1.82) is 0 Å². The molecular weight excluding hydrogens is 1020 g/mol. The fourth-order valence-electron chi connectivity index (χ4n) is 9.23. The molecule has 0 fully saturated rings. The number of quaternary nitrogens is 1. The van der Waals surface area contributed by atoms with Crippen molar-refractivity contribution < 1.29 is 37.3 Å². The minimum Gasteiger partial charge on any atom is -0.756 e. The van der Waals surface area contributed by atoms with Crippen LogP contribution in [0.2, 0.25) is 0 Å². The maximum atomic E-state index is 13.6. The molecule has 0 spiro atoms. The van der Waals surface area contributed by atoms with Crippen LogP contribution < -0.4 is 10.2 Å². The summed E-state index contributed by atoms with van der Waals surface area (Å²) in [6.07, 6.45) is 82.2. The molecule has 10 heteroatoms. The molecule has 0 bridgehead atoms. The van der Waals surface area contributed by atoms with Gasteiger partial charge in [-0.2, -0.15) is 0 Å². The Labute approximate surface area is 500 Å². The number of nitrogens with zero attached hydrogens (tertiary/aromatic N) is 1. The standard InChI is InChI=1S/C71H125N2O7P/c1-7-10-13-16-19-22-25-27-29-31-32-33-34-35-36-37-38-39-40-42-43-45-48-51-54-57-60-63-70(74)72-68(67-79-81(76,77)78-66-65-73(4,5)6)69(62-59-56-53-50-47-24-21-18-15-12-9-3)80-71(75)64-61-58-55-52-49-46-44-41-30-28-26-23-20-17-14-11-8-2/h11,14,17,19-20,22-23,26-30,41,44,46,49,59,62,68-69H,7-10,12-13,15-16,18,21,24-25,31-40,42-43,45,47-48,50-58,60-61,63-67H2,1-6H3,(H-,72,74,76,77)/b14-11-,20-17+,22-19-,26-23+,29-27-,30-28-,44-41+,49-46+,62-59-. The number of hydrogen-bond acceptors (Lipinski definition) is 7. The molecule has 1 N–H and O–H groups in total. The molecule has 0 saturated carbocycles. The molecule has 0 aromatic carbocycles. The Balaban J connectivity index is 5.08. The lowest BCUT2D eigenvalue weighted by Gasteiger charge is -2.30. The van der Waals surface area contributed by atoms with Crippen LogP contribution in [0.5, 0.6) is 0 Å². The van der Waals surface area contributed by atoms with Gasteiger partial charge in [0.1, 0.15) is 19.3 Å². The molecule has 1 amide bonds. The average molecular weight is 1150 g/mol. The zero-order chi connectivity index (χ0) is 59.3. The first-order valence-corrected chi connectivity index (χ1v) is 34.7. The molecule has 466 valence electrons. The number of rotatable bonds is 59. The SMILES string of the molecule is CC\C=C/C=C/C=C/C=C\C=C\C=C\CCCCCC(=O)OC(/C=C\CCCCCCCCCCC)C(COP(=O)([O-])OCC[N+](C)(C)C)NC(=O)CCCCCCCCCCCCCCCCCCC/C=C\C/C=C\CCCCC. The molecule has 0 aliphatic heterocycles. The van der Waals surface area contributed by atoms with Gasteiger partial charge in [-0.15, -0.1) is 0 Å². The second kappa shape index (κ2) is 59.8. The summed E-state index contributed by atoms with van der Waals surface area (Å²) in [6.45, 7) is 6.64. The van der Waals surface area contributed by atoms with Gasteiger partial charge in [-0.25, -0.2) is 0 Å². The van der Waals surface area contributed by atoms with Crippen LogP contribution in [-0.4, -0.2) is 69.4 Å². The van der Waals surface area contributed by atoms with Gasteiger partial charge >= 0.3 is 5.97 Å². The van der Waals surface area contributed by atoms with E-state index in [1.54, 1.807) is 0 Å². The van der Waals surface area contributed by atoms with Crippen molar-refractivity contribution >= 4 is 19.7 Å². The summed E-state index contributed by atoms with van der Waals surface area (Å²) >= 11 is 0. The van der Waals surface area contributed by atoms with Crippen LogP contribution in [0.15, 0.2) is 109 Å². The molecule has 9 nitrogen and oxygen atoms in total. The van der Waals surface area contributed by atoms with E-state index < -0.39 is 26.6 Å². The van der Waals surface area contributed by atoms with Crippen molar-refractivity contribution in [2.24, 2.45) is 0 Å². The highest BCUT2D eigenvalue weighted by atomic mass is 31.2. The van der Waals surface area contributed by atoms with Crippen LogP contribution in [-0.2, 0) is 27.9 Å². The first kappa shape index (κ1) is 77.7. The molecule has 0 aromatic heterocycles. The van der Waals surface area contributed by atoms with Crippen LogP contribution in [0.4, 0.5) is 0 Å². The predicted octanol–water partition coefficient (Wildman–Crippen LogP) is 20.3. The van der Waals surface area contributed by atoms with Gasteiger partial charge < -0.3 is 28.5 Å². The molecule has 0 aliphatic carbocycles. The molecule has 3 unspecified atom stereocenters. The third kappa shape index (κ3) is 61.1. The largest absolute Gasteiger partial charge is 0.756 e. The van der Waals surface area contributed by atoms with Crippen LogP contribution >= 0.6 is 7.82 Å². The number of unbranched alkanes of at least 4 members (excludes halogenated alkanes) is 32. The van der Waals surface area contributed by atoms with Crippen LogP contribution in [0.3, 0.4) is 0 Å². The lowest BCUT2D eigenvalue weighted by Crippen LogP contribution is -2.47. The number of carbonyl (C=O) groups is 2. The third-order valence-corrected chi connectivity index (χ3v) is 15.3. The van der Waals surface area contributed by atoms with Crippen LogP contribution in [0.1, 0.15) is 278 Å². The van der Waals surface area contributed by atoms with Gasteiger partial charge in [0.05, 0.1) is 33.8 Å². The number of esters is 1. The zero-order valence-corrected chi connectivity index (χ0v) is 54.1. The third-order valence-electron chi connectivity index (χ3n) is 14.3. The highest BCUT2D eigenvalue weighted by Crippen LogP contribution is 2.38. The summed E-state index contributed by atoms with van der Waals surface area (Å²) in [7, 11) is 1.15. The molecule has 81 heavy (non-hydrogen) atoms. The minimum absolute atomic E-state index is 0.0344. The van der Waals surface area contributed by atoms with Crippen molar-refractivity contribution in [2.75, 3.05) is 40.9 Å². The number of carbonyl (C=O) groups excluding carboxylic acids is 2. The summed E-state index contributed by atoms with van der Waals surface area (Å²) in [5.41, 5.74) is 0. The van der Waals surface area contributed by atoms with Crippen molar-refractivity contribution in [2.45, 2.75) is 290 Å². The number of hydrogen-bond donors (Lipinski definition) is 1. The average Bonchev–Trinajstić information content (AvgIpc) is 3.43. The monoisotopic (exact) mass is 1150 g/mol. The minimum atomic E-state index is -4.72. The van der Waals surface area contributed by atoms with E-state index in [1.807, 2.05) is 94.1 Å². The fraction of sp³-hybridized carbons (Fsp3) is 0.718. The van der Waals surface area contributed by atoms with Gasteiger partial charge in [0.25, 0.3) is 7.82 Å². The first-order chi connectivity index (χ1) is 39.4. The second-order valence-electron chi connectivity index (χ2n) is 23.4. The van der Waals surface area contributed by atoms with E-state index in [4.69, 9.17) is 13.8 Å². The molecule has 0 aliphatic rings. The second-order valence-corrected chi connectivity index (χ2v) is 24.8. The highest BCUT2D eigenvalue weighted by Gasteiger charge is 2.27. The van der Waals surface area contributed by atoms with Crippen LogP contribution in [0, 0.1) is 0 Å². The summed E-state index contributed by atoms with van der Waals surface area (Å²) in [6, 6.07) is -0.913. The predicted molar refractivity (Wildman–Crippen MR) is 348 cm³/mol. The number of amides is 1. The highest BCUT2D eigenvalue weighted by molar-refractivity contribution is 7.45. The summed E-state index contributed by atoms with van der Waals surface area (Å²) in [5, 5.41) is 3.02. The lowest BCUT2D eigenvalue weighted by atomic mass is 10.0. The number of ether oxygens (including phenoxy) is 1. The van der Waals surface area contributed by atoms with Crippen molar-refractivity contribution in [1.82, 2.24) is 5.32 Å². The van der Waals surface area contributed by atoms with E-state index in [0.717, 1.165) is 70.6 Å². The number of nitrogens with one attached hydrogen (secondary N) is 1. The van der Waals surface area contributed by atoms with E-state index in [2.05, 4.69) is 62.5 Å². The van der Waals surface area contributed by atoms with Crippen molar-refractivity contribution in [3.8, 4) is 0 Å². The normalized spacial score (nSPS) is 14.3. The Morgan fingerprint density at radius 1 is 0.457 bits per heavy atom.